The maximum atomic E-state index is 12.6. The number of amides is 1. The minimum absolute atomic E-state index is 0.0640. The molecule has 2 aliphatic rings. The topological polar surface area (TPSA) is 104 Å². The lowest BCUT2D eigenvalue weighted by atomic mass is 9.81. The minimum Gasteiger partial charge on any atom is -0.612 e. The van der Waals surface area contributed by atoms with Crippen LogP contribution in [0.5, 0.6) is 0 Å². The summed E-state index contributed by atoms with van der Waals surface area (Å²) in [5, 5.41) is 0. The molecule has 3 N–H and O–H groups in total. The zero-order valence-electron chi connectivity index (χ0n) is 16.6. The zero-order chi connectivity index (χ0) is 20.3. The van der Waals surface area contributed by atoms with Gasteiger partial charge in [-0.15, -0.1) is 4.72 Å². The summed E-state index contributed by atoms with van der Waals surface area (Å²) < 4.78 is 27.4. The van der Waals surface area contributed by atoms with Gasteiger partial charge in [0.2, 0.25) is 5.91 Å². The van der Waals surface area contributed by atoms with Crippen molar-refractivity contribution >= 4 is 28.4 Å². The molecule has 0 bridgehead atoms. The Kier molecular flexibility index (Phi) is 7.69. The van der Waals surface area contributed by atoms with Gasteiger partial charge in [-0.05, 0) is 74.2 Å². The van der Waals surface area contributed by atoms with Gasteiger partial charge in [0.05, 0.1) is 29.5 Å². The van der Waals surface area contributed by atoms with Crippen molar-refractivity contribution in [2.24, 2.45) is 11.7 Å². The predicted molar refractivity (Wildman–Crippen MR) is 112 cm³/mol. The molecular weight excluding hydrogens is 394 g/mol. The average molecular weight is 426 g/mol. The molecule has 0 heterocycles. The third-order valence-corrected chi connectivity index (χ3v) is 8.31. The molecule has 1 aromatic carbocycles. The molecule has 2 aliphatic carbocycles. The molecule has 2 saturated carbocycles. The van der Waals surface area contributed by atoms with Crippen molar-refractivity contribution in [2.45, 2.75) is 72.9 Å². The van der Waals surface area contributed by atoms with E-state index in [1.807, 2.05) is 11.9 Å². The van der Waals surface area contributed by atoms with E-state index in [-0.39, 0.29) is 17.9 Å². The van der Waals surface area contributed by atoms with Crippen molar-refractivity contribution in [3.8, 4) is 0 Å². The SMILES string of the molecule is CN(C(=O)[C@@H](N)C1CCC(N[S+]([O-])c2cccc([S+](C)[O-])c2)CC1)C1CCC1. The molecule has 0 saturated heterocycles. The van der Waals surface area contributed by atoms with Gasteiger partial charge in [0.1, 0.15) is 6.26 Å². The van der Waals surface area contributed by atoms with Gasteiger partial charge in [0, 0.05) is 13.1 Å². The maximum absolute atomic E-state index is 12.6. The van der Waals surface area contributed by atoms with E-state index in [1.165, 1.54) is 6.42 Å². The smallest absolute Gasteiger partial charge is 0.239 e. The minimum atomic E-state index is -1.34. The van der Waals surface area contributed by atoms with Crippen molar-refractivity contribution in [3.05, 3.63) is 24.3 Å². The monoisotopic (exact) mass is 425 g/mol. The van der Waals surface area contributed by atoms with Gasteiger partial charge in [-0.25, -0.2) is 0 Å². The second-order valence-corrected chi connectivity index (χ2v) is 10.6. The van der Waals surface area contributed by atoms with Crippen LogP contribution in [-0.2, 0) is 27.3 Å². The van der Waals surface area contributed by atoms with Crippen LogP contribution in [0.4, 0.5) is 0 Å². The van der Waals surface area contributed by atoms with Crippen LogP contribution in [0.15, 0.2) is 34.1 Å². The molecule has 3 atom stereocenters. The van der Waals surface area contributed by atoms with Crippen LogP contribution in [0.1, 0.15) is 44.9 Å². The number of nitrogens with zero attached hydrogens (tertiary/aromatic N) is 1. The molecule has 0 aliphatic heterocycles. The van der Waals surface area contributed by atoms with Crippen LogP contribution in [0.2, 0.25) is 0 Å². The number of likely N-dealkylation sites (N-methyl/N-ethyl adjacent to an activating group) is 1. The number of rotatable bonds is 7. The highest BCUT2D eigenvalue weighted by molar-refractivity contribution is 7.91. The molecule has 0 radical (unpaired) electrons. The normalized spacial score (nSPS) is 26.2. The Labute approximate surface area is 174 Å². The number of nitrogens with two attached hydrogens (primary N) is 1. The van der Waals surface area contributed by atoms with Crippen LogP contribution < -0.4 is 10.5 Å². The summed E-state index contributed by atoms with van der Waals surface area (Å²) in [5.74, 6) is 0.251. The molecule has 6 nitrogen and oxygen atoms in total. The summed E-state index contributed by atoms with van der Waals surface area (Å²) in [7, 11) is 1.87. The average Bonchev–Trinajstić information content (AvgIpc) is 2.66. The molecule has 2 fully saturated rings. The highest BCUT2D eigenvalue weighted by Gasteiger charge is 2.35. The largest absolute Gasteiger partial charge is 0.612 e. The van der Waals surface area contributed by atoms with E-state index in [9.17, 15) is 13.9 Å². The lowest BCUT2D eigenvalue weighted by Gasteiger charge is -2.38. The van der Waals surface area contributed by atoms with Gasteiger partial charge in [-0.1, -0.05) is 6.07 Å². The van der Waals surface area contributed by atoms with Crippen molar-refractivity contribution in [1.29, 1.82) is 0 Å². The lowest BCUT2D eigenvalue weighted by molar-refractivity contribution is -0.136. The highest BCUT2D eigenvalue weighted by Crippen LogP contribution is 2.30. The molecular formula is C20H31N3O3S2. The van der Waals surface area contributed by atoms with E-state index in [2.05, 4.69) is 4.72 Å². The van der Waals surface area contributed by atoms with Gasteiger partial charge in [-0.3, -0.25) is 4.79 Å². The molecule has 3 rings (SSSR count). The third-order valence-electron chi connectivity index (χ3n) is 6.16. The van der Waals surface area contributed by atoms with Crippen LogP contribution in [0, 0.1) is 5.92 Å². The van der Waals surface area contributed by atoms with E-state index in [1.54, 1.807) is 30.5 Å². The van der Waals surface area contributed by atoms with Crippen molar-refractivity contribution in [2.75, 3.05) is 13.3 Å². The second-order valence-electron chi connectivity index (χ2n) is 7.99. The van der Waals surface area contributed by atoms with Crippen molar-refractivity contribution in [1.82, 2.24) is 9.62 Å². The van der Waals surface area contributed by atoms with Crippen LogP contribution in [0.25, 0.3) is 0 Å². The quantitative estimate of drug-likeness (QED) is 0.650. The number of carbonyl (C=O) groups is 1. The Balaban J connectivity index is 1.48. The Morgan fingerprint density at radius 2 is 1.82 bits per heavy atom. The van der Waals surface area contributed by atoms with E-state index in [4.69, 9.17) is 5.73 Å². The van der Waals surface area contributed by atoms with Crippen molar-refractivity contribution < 1.29 is 13.9 Å². The summed E-state index contributed by atoms with van der Waals surface area (Å²) in [6.45, 7) is 0. The first-order valence-electron chi connectivity index (χ1n) is 10.0. The molecule has 1 amide bonds. The maximum Gasteiger partial charge on any atom is 0.239 e. The fourth-order valence-electron chi connectivity index (χ4n) is 3.97. The molecule has 8 heteroatoms. The highest BCUT2D eigenvalue weighted by atomic mass is 32.2. The Hall–Kier alpha value is -0.770. The first-order valence-corrected chi connectivity index (χ1v) is 12.7. The fourth-order valence-corrected chi connectivity index (χ4v) is 5.72. The number of carbonyl (C=O) groups excluding carboxylic acids is 1. The van der Waals surface area contributed by atoms with E-state index in [0.717, 1.165) is 38.5 Å². The zero-order valence-corrected chi connectivity index (χ0v) is 18.3. The van der Waals surface area contributed by atoms with E-state index < -0.39 is 28.6 Å². The fraction of sp³-hybridized carbons (Fsp3) is 0.650. The van der Waals surface area contributed by atoms with Gasteiger partial charge in [-0.2, -0.15) is 0 Å². The van der Waals surface area contributed by atoms with Crippen LogP contribution in [0.3, 0.4) is 0 Å². The molecule has 28 heavy (non-hydrogen) atoms. The summed E-state index contributed by atoms with van der Waals surface area (Å²) in [4.78, 5) is 15.8. The first-order chi connectivity index (χ1) is 13.4. The summed E-state index contributed by atoms with van der Waals surface area (Å²) in [5.41, 5.74) is 6.29. The summed E-state index contributed by atoms with van der Waals surface area (Å²) in [6, 6.07) is 7.15. The third kappa shape index (κ3) is 5.23. The number of nitrogens with one attached hydrogen (secondary N) is 1. The second kappa shape index (κ2) is 9.82. The van der Waals surface area contributed by atoms with Crippen LogP contribution >= 0.6 is 0 Å². The van der Waals surface area contributed by atoms with Crippen LogP contribution in [-0.4, -0.2) is 51.3 Å². The lowest BCUT2D eigenvalue weighted by Crippen LogP contribution is -2.52. The Bertz CT molecular complexity index is 664. The Morgan fingerprint density at radius 1 is 1.18 bits per heavy atom. The first kappa shape index (κ1) is 21.9. The van der Waals surface area contributed by atoms with Gasteiger partial charge < -0.3 is 19.7 Å². The number of benzene rings is 1. The predicted octanol–water partition coefficient (Wildman–Crippen LogP) is 1.93. The van der Waals surface area contributed by atoms with Gasteiger partial charge in [0.15, 0.2) is 9.79 Å². The molecule has 1 aromatic rings. The van der Waals surface area contributed by atoms with Gasteiger partial charge in [0.25, 0.3) is 0 Å². The molecule has 156 valence electrons. The summed E-state index contributed by atoms with van der Waals surface area (Å²) >= 11 is -2.43. The Morgan fingerprint density at radius 3 is 2.39 bits per heavy atom. The van der Waals surface area contributed by atoms with E-state index >= 15 is 0 Å². The standard InChI is InChI=1S/C20H31N3O3S2/c1-23(16-5-3-6-16)20(24)19(21)14-9-11-15(12-10-14)22-28(26)18-8-4-7-17(13-18)27(2)25/h4,7-8,13-16,19,22H,3,5-6,9-12,21H2,1-2H3/t14?,15?,19-,27?,28?/m0/s1. The molecule has 0 aromatic heterocycles. The number of hydrogen-bond acceptors (Lipinski definition) is 5. The molecule has 0 spiro atoms. The number of hydrogen-bond donors (Lipinski definition) is 2. The van der Waals surface area contributed by atoms with E-state index in [0.29, 0.717) is 15.8 Å². The van der Waals surface area contributed by atoms with Gasteiger partial charge >= 0.3 is 0 Å². The molecule has 2 unspecified atom stereocenters. The van der Waals surface area contributed by atoms with Crippen molar-refractivity contribution in [3.63, 3.8) is 0 Å². The summed E-state index contributed by atoms with van der Waals surface area (Å²) in [6.07, 6.45) is 8.41.